The standard InChI is InChI=1S/C22H31N3O2/c1-23-13-17-14-24(21(26)22-9-3-11-25(22)12-4-10-22)15-19(17)20(23)16-5-7-18(27-2)8-6-16/h5-8,17,19-20H,3-4,9-15H2,1-2H3/t17-,19+,20-/m0/s1. The van der Waals surface area contributed by atoms with E-state index in [0.29, 0.717) is 23.8 Å². The van der Waals surface area contributed by atoms with Crippen LogP contribution in [-0.4, -0.2) is 73.0 Å². The monoisotopic (exact) mass is 369 g/mol. The van der Waals surface area contributed by atoms with E-state index >= 15 is 0 Å². The SMILES string of the molecule is COc1ccc([C@H]2[C@@H]3CN(C(=O)C45CCCN4CCC5)C[C@@H]3CN2C)cc1. The van der Waals surface area contributed by atoms with E-state index in [0.717, 1.165) is 51.3 Å². The van der Waals surface area contributed by atoms with Gasteiger partial charge in [0.15, 0.2) is 0 Å². The lowest BCUT2D eigenvalue weighted by Crippen LogP contribution is -2.53. The van der Waals surface area contributed by atoms with Gasteiger partial charge in [-0.2, -0.15) is 0 Å². The Morgan fingerprint density at radius 3 is 2.44 bits per heavy atom. The summed E-state index contributed by atoms with van der Waals surface area (Å²) >= 11 is 0. The van der Waals surface area contributed by atoms with E-state index in [-0.39, 0.29) is 5.54 Å². The van der Waals surface area contributed by atoms with Gasteiger partial charge in [-0.1, -0.05) is 12.1 Å². The molecular weight excluding hydrogens is 338 g/mol. The lowest BCUT2D eigenvalue weighted by Gasteiger charge is -2.35. The number of ether oxygens (including phenoxy) is 1. The fraction of sp³-hybridized carbons (Fsp3) is 0.682. The Kier molecular flexibility index (Phi) is 4.21. The van der Waals surface area contributed by atoms with Crippen LogP contribution in [0.2, 0.25) is 0 Å². The second-order valence-electron chi connectivity index (χ2n) is 9.02. The first-order valence-corrected chi connectivity index (χ1v) is 10.5. The summed E-state index contributed by atoms with van der Waals surface area (Å²) in [4.78, 5) is 20.7. The maximum Gasteiger partial charge on any atom is 0.243 e. The van der Waals surface area contributed by atoms with E-state index in [4.69, 9.17) is 4.74 Å². The number of fused-ring (bicyclic) bond motifs is 2. The van der Waals surface area contributed by atoms with Crippen LogP contribution in [0.4, 0.5) is 0 Å². The van der Waals surface area contributed by atoms with Gasteiger partial charge in [0.25, 0.3) is 0 Å². The van der Waals surface area contributed by atoms with Gasteiger partial charge in [0.1, 0.15) is 11.3 Å². The minimum absolute atomic E-state index is 0.153. The van der Waals surface area contributed by atoms with E-state index in [1.54, 1.807) is 7.11 Å². The van der Waals surface area contributed by atoms with Gasteiger partial charge in [-0.25, -0.2) is 0 Å². The fourth-order valence-electron chi connectivity index (χ4n) is 6.48. The molecule has 27 heavy (non-hydrogen) atoms. The smallest absolute Gasteiger partial charge is 0.243 e. The number of benzene rings is 1. The van der Waals surface area contributed by atoms with Gasteiger partial charge in [-0.15, -0.1) is 0 Å². The number of methoxy groups -OCH3 is 1. The molecule has 5 rings (SSSR count). The highest BCUT2D eigenvalue weighted by Gasteiger charge is 2.55. The molecule has 4 heterocycles. The third-order valence-corrected chi connectivity index (χ3v) is 7.68. The van der Waals surface area contributed by atoms with Crippen LogP contribution in [0.25, 0.3) is 0 Å². The topological polar surface area (TPSA) is 36.0 Å². The third kappa shape index (κ3) is 2.62. The molecule has 4 aliphatic heterocycles. The first-order valence-electron chi connectivity index (χ1n) is 10.5. The lowest BCUT2D eigenvalue weighted by molar-refractivity contribution is -0.140. The van der Waals surface area contributed by atoms with E-state index in [2.05, 4.69) is 46.0 Å². The zero-order valence-corrected chi connectivity index (χ0v) is 16.6. The van der Waals surface area contributed by atoms with Crippen molar-refractivity contribution in [2.75, 3.05) is 46.9 Å². The van der Waals surface area contributed by atoms with E-state index in [1.165, 1.54) is 18.4 Å². The highest BCUT2D eigenvalue weighted by atomic mass is 16.5. The predicted octanol–water partition coefficient (Wildman–Crippen LogP) is 2.38. The zero-order valence-electron chi connectivity index (χ0n) is 16.6. The number of likely N-dealkylation sites (tertiary alicyclic amines) is 2. The molecule has 0 unspecified atom stereocenters. The molecule has 4 fully saturated rings. The first kappa shape index (κ1) is 17.5. The van der Waals surface area contributed by atoms with Crippen molar-refractivity contribution < 1.29 is 9.53 Å². The lowest BCUT2D eigenvalue weighted by atomic mass is 9.89. The number of nitrogens with zero attached hydrogens (tertiary/aromatic N) is 3. The highest BCUT2D eigenvalue weighted by Crippen LogP contribution is 2.47. The molecule has 0 radical (unpaired) electrons. The molecule has 0 aliphatic carbocycles. The molecular formula is C22H31N3O2. The number of carbonyl (C=O) groups is 1. The number of hydrogen-bond acceptors (Lipinski definition) is 4. The fourth-order valence-corrected chi connectivity index (χ4v) is 6.48. The minimum atomic E-state index is -0.153. The van der Waals surface area contributed by atoms with Crippen LogP contribution in [0.5, 0.6) is 5.75 Å². The van der Waals surface area contributed by atoms with Crippen molar-refractivity contribution in [3.8, 4) is 5.75 Å². The third-order valence-electron chi connectivity index (χ3n) is 7.68. The summed E-state index contributed by atoms with van der Waals surface area (Å²) in [5.74, 6) is 2.47. The second kappa shape index (κ2) is 6.49. The molecule has 4 saturated heterocycles. The van der Waals surface area contributed by atoms with Crippen molar-refractivity contribution in [1.82, 2.24) is 14.7 Å². The van der Waals surface area contributed by atoms with Crippen molar-refractivity contribution >= 4 is 5.91 Å². The summed E-state index contributed by atoms with van der Waals surface area (Å²) in [7, 11) is 3.94. The van der Waals surface area contributed by atoms with Crippen LogP contribution in [0.15, 0.2) is 24.3 Å². The van der Waals surface area contributed by atoms with Crippen molar-refractivity contribution in [2.24, 2.45) is 11.8 Å². The number of carbonyl (C=O) groups excluding carboxylic acids is 1. The van der Waals surface area contributed by atoms with Gasteiger partial charge in [-0.3, -0.25) is 14.6 Å². The summed E-state index contributed by atoms with van der Waals surface area (Å²) in [5.41, 5.74) is 1.20. The van der Waals surface area contributed by atoms with E-state index in [1.807, 2.05) is 0 Å². The molecule has 1 amide bonds. The Balaban J connectivity index is 1.35. The van der Waals surface area contributed by atoms with E-state index in [9.17, 15) is 4.79 Å². The molecule has 4 aliphatic rings. The average Bonchev–Trinajstić information content (AvgIpc) is 3.40. The zero-order chi connectivity index (χ0) is 18.6. The van der Waals surface area contributed by atoms with Gasteiger partial charge >= 0.3 is 0 Å². The Labute approximate surface area is 162 Å². The average molecular weight is 370 g/mol. The van der Waals surface area contributed by atoms with Crippen LogP contribution in [0.1, 0.15) is 37.3 Å². The molecule has 3 atom stereocenters. The van der Waals surface area contributed by atoms with Crippen molar-refractivity contribution in [1.29, 1.82) is 0 Å². The van der Waals surface area contributed by atoms with Crippen LogP contribution in [0, 0.1) is 11.8 Å². The molecule has 0 saturated carbocycles. The molecule has 1 aromatic carbocycles. The summed E-state index contributed by atoms with van der Waals surface area (Å²) in [5, 5.41) is 0. The summed E-state index contributed by atoms with van der Waals surface area (Å²) in [6.07, 6.45) is 4.51. The van der Waals surface area contributed by atoms with Crippen LogP contribution >= 0.6 is 0 Å². The largest absolute Gasteiger partial charge is 0.497 e. The summed E-state index contributed by atoms with van der Waals surface area (Å²) in [6, 6.07) is 8.91. The van der Waals surface area contributed by atoms with Gasteiger partial charge < -0.3 is 9.64 Å². The maximum absolute atomic E-state index is 13.5. The van der Waals surface area contributed by atoms with Gasteiger partial charge in [-0.05, 0) is 69.4 Å². The van der Waals surface area contributed by atoms with Crippen molar-refractivity contribution in [3.05, 3.63) is 29.8 Å². The minimum Gasteiger partial charge on any atom is -0.497 e. The Hall–Kier alpha value is -1.59. The van der Waals surface area contributed by atoms with Crippen LogP contribution in [0.3, 0.4) is 0 Å². The van der Waals surface area contributed by atoms with E-state index < -0.39 is 0 Å². The molecule has 0 N–H and O–H groups in total. The van der Waals surface area contributed by atoms with Gasteiger partial charge in [0.2, 0.25) is 5.91 Å². The summed E-state index contributed by atoms with van der Waals surface area (Å²) in [6.45, 7) is 5.17. The van der Waals surface area contributed by atoms with Crippen LogP contribution < -0.4 is 4.74 Å². The molecule has 0 spiro atoms. The molecule has 1 aromatic rings. The summed E-state index contributed by atoms with van der Waals surface area (Å²) < 4.78 is 5.32. The van der Waals surface area contributed by atoms with Gasteiger partial charge in [0.05, 0.1) is 7.11 Å². The van der Waals surface area contributed by atoms with Gasteiger partial charge in [0, 0.05) is 31.6 Å². The van der Waals surface area contributed by atoms with Crippen LogP contribution in [-0.2, 0) is 4.79 Å². The molecule has 5 nitrogen and oxygen atoms in total. The predicted molar refractivity (Wildman–Crippen MR) is 105 cm³/mol. The Bertz CT molecular complexity index is 709. The molecule has 0 bridgehead atoms. The number of rotatable bonds is 3. The van der Waals surface area contributed by atoms with Crippen molar-refractivity contribution in [3.63, 3.8) is 0 Å². The number of amides is 1. The maximum atomic E-state index is 13.5. The molecule has 146 valence electrons. The number of hydrogen-bond donors (Lipinski definition) is 0. The molecule has 0 aromatic heterocycles. The Morgan fingerprint density at radius 1 is 1.07 bits per heavy atom. The quantitative estimate of drug-likeness (QED) is 0.820. The normalized spacial score (nSPS) is 32.7. The van der Waals surface area contributed by atoms with Crippen molar-refractivity contribution in [2.45, 2.75) is 37.3 Å². The first-order chi connectivity index (χ1) is 13.1. The molecule has 5 heteroatoms. The Morgan fingerprint density at radius 2 is 1.78 bits per heavy atom. The highest BCUT2D eigenvalue weighted by molar-refractivity contribution is 5.87. The second-order valence-corrected chi connectivity index (χ2v) is 9.02.